The second-order valence-electron chi connectivity index (χ2n) is 1.30. The third kappa shape index (κ3) is 3.53. The first-order chi connectivity index (χ1) is 3.31. The minimum Gasteiger partial charge on any atom is -0.380 e. The van der Waals surface area contributed by atoms with Crippen molar-refractivity contribution in [2.24, 2.45) is 0 Å². The Labute approximate surface area is 44.3 Å². The van der Waals surface area contributed by atoms with Crippen LogP contribution < -0.4 is 0 Å². The summed E-state index contributed by atoms with van der Waals surface area (Å²) in [6.45, 7) is 2.47. The number of aldehydes is 1. The van der Waals surface area contributed by atoms with E-state index in [-0.39, 0.29) is 6.00 Å². The van der Waals surface area contributed by atoms with E-state index in [1.807, 2.05) is 6.92 Å². The number of hydrogen-bond acceptors (Lipinski definition) is 2. The van der Waals surface area contributed by atoms with Crippen LogP contribution in [-0.4, -0.2) is 26.7 Å². The molecule has 1 atom stereocenters. The monoisotopic (exact) mass is 100 g/mol. The van der Waals surface area contributed by atoms with Crippen molar-refractivity contribution in [2.45, 2.75) is 12.9 Å². The molecule has 2 nitrogen and oxygen atoms in total. The molecule has 0 aliphatic rings. The quantitative estimate of drug-likeness (QED) is 0.342. The highest BCUT2D eigenvalue weighted by Gasteiger charge is 1.92. The molecule has 0 aromatic carbocycles. The highest BCUT2D eigenvalue weighted by atomic mass is 16.5. The maximum absolute atomic E-state index is 9.77. The number of carbonyl (C=O) groups excluding carboxylic acids is 1. The van der Waals surface area contributed by atoms with Gasteiger partial charge in [0.05, 0.1) is 6.00 Å². The zero-order valence-corrected chi connectivity index (χ0v) is 4.68. The summed E-state index contributed by atoms with van der Waals surface area (Å²) in [5, 5.41) is 0. The van der Waals surface area contributed by atoms with Crippen LogP contribution in [-0.2, 0) is 9.53 Å². The molecule has 0 saturated carbocycles. The molecule has 40 valence electrons. The Bertz CT molecular complexity index is 55.7. The summed E-state index contributed by atoms with van der Waals surface area (Å²) in [6.07, 6.45) is 0.781. The molecule has 0 aromatic rings. The highest BCUT2D eigenvalue weighted by Crippen LogP contribution is 1.76. The Morgan fingerprint density at radius 1 is 2.00 bits per heavy atom. The van der Waals surface area contributed by atoms with Gasteiger partial charge in [-0.15, -0.1) is 0 Å². The van der Waals surface area contributed by atoms with Gasteiger partial charge in [0, 0.05) is 6.61 Å². The summed E-state index contributed by atoms with van der Waals surface area (Å²) < 4.78 is 4.82. The third-order valence-corrected chi connectivity index (χ3v) is 0.621. The van der Waals surface area contributed by atoms with Crippen molar-refractivity contribution in [3.63, 3.8) is 0 Å². The highest BCUT2D eigenvalue weighted by molar-refractivity contribution is 6.18. The van der Waals surface area contributed by atoms with Crippen LogP contribution in [0, 0.1) is 0 Å². The van der Waals surface area contributed by atoms with Crippen LogP contribution in [0.1, 0.15) is 6.92 Å². The fraction of sp³-hybridized carbons (Fsp3) is 0.750. The van der Waals surface area contributed by atoms with E-state index >= 15 is 0 Å². The average molecular weight is 99.9 g/mol. The number of rotatable bonds is 3. The van der Waals surface area contributed by atoms with Gasteiger partial charge in [0.1, 0.15) is 14.1 Å². The fourth-order valence-corrected chi connectivity index (χ4v) is 0.302. The second kappa shape index (κ2) is 3.87. The van der Waals surface area contributed by atoms with Gasteiger partial charge in [-0.25, -0.2) is 0 Å². The predicted octanol–water partition coefficient (Wildman–Crippen LogP) is -0.819. The first-order valence-corrected chi connectivity index (χ1v) is 2.38. The molecule has 0 aliphatic carbocycles. The molecule has 0 saturated heterocycles. The summed E-state index contributed by atoms with van der Waals surface area (Å²) in [5.74, 6) is 0. The zero-order chi connectivity index (χ0) is 5.70. The number of ether oxygens (including phenoxy) is 1. The average Bonchev–Trinajstić information content (AvgIpc) is 1.68. The Morgan fingerprint density at radius 3 is 2.71 bits per heavy atom. The van der Waals surface area contributed by atoms with Crippen LogP contribution in [0.5, 0.6) is 0 Å². The van der Waals surface area contributed by atoms with Crippen LogP contribution in [0.25, 0.3) is 0 Å². The molecule has 0 spiro atoms. The third-order valence-electron chi connectivity index (χ3n) is 0.621. The number of hydrogen-bond donors (Lipinski definition) is 0. The Morgan fingerprint density at radius 2 is 2.57 bits per heavy atom. The van der Waals surface area contributed by atoms with Crippen molar-refractivity contribution in [3.05, 3.63) is 0 Å². The van der Waals surface area contributed by atoms with Crippen molar-refractivity contribution >= 4 is 14.1 Å². The summed E-state index contributed by atoms with van der Waals surface area (Å²) in [6, 6.07) is -0.231. The lowest BCUT2D eigenvalue weighted by molar-refractivity contribution is -0.113. The van der Waals surface area contributed by atoms with Crippen LogP contribution >= 0.6 is 0 Å². The van der Waals surface area contributed by atoms with Gasteiger partial charge in [-0.3, -0.25) is 0 Å². The van der Waals surface area contributed by atoms with Gasteiger partial charge in [0.2, 0.25) is 0 Å². The number of carbonyl (C=O) groups is 1. The first-order valence-electron chi connectivity index (χ1n) is 2.38. The van der Waals surface area contributed by atoms with Crippen LogP contribution in [0.2, 0.25) is 0 Å². The van der Waals surface area contributed by atoms with Gasteiger partial charge >= 0.3 is 0 Å². The molecule has 0 aliphatic heterocycles. The maximum Gasteiger partial charge on any atom is 0.148 e. The van der Waals surface area contributed by atoms with Gasteiger partial charge in [-0.2, -0.15) is 0 Å². The smallest absolute Gasteiger partial charge is 0.148 e. The zero-order valence-electron chi connectivity index (χ0n) is 4.68. The molecular weight excluding hydrogens is 90.9 g/mol. The Hall–Kier alpha value is -0.305. The van der Waals surface area contributed by atoms with Gasteiger partial charge in [-0.05, 0) is 6.92 Å². The summed E-state index contributed by atoms with van der Waals surface area (Å²) >= 11 is 0. The SMILES string of the molecule is BC(C=O)OCC. The van der Waals surface area contributed by atoms with Gasteiger partial charge in [0.15, 0.2) is 0 Å². The first kappa shape index (κ1) is 6.69. The van der Waals surface area contributed by atoms with E-state index in [9.17, 15) is 4.79 Å². The topological polar surface area (TPSA) is 26.3 Å². The molecule has 0 amide bonds. The van der Waals surface area contributed by atoms with E-state index in [0.717, 1.165) is 6.29 Å². The molecule has 0 radical (unpaired) electrons. The van der Waals surface area contributed by atoms with E-state index < -0.39 is 0 Å². The molecule has 0 N–H and O–H groups in total. The second-order valence-corrected chi connectivity index (χ2v) is 1.30. The Kier molecular flexibility index (Phi) is 3.70. The van der Waals surface area contributed by atoms with E-state index in [0.29, 0.717) is 6.61 Å². The van der Waals surface area contributed by atoms with Crippen molar-refractivity contribution in [2.75, 3.05) is 6.61 Å². The summed E-state index contributed by atoms with van der Waals surface area (Å²) in [5.41, 5.74) is 0. The van der Waals surface area contributed by atoms with Crippen LogP contribution in [0.3, 0.4) is 0 Å². The lowest BCUT2D eigenvalue weighted by Crippen LogP contribution is -2.13. The van der Waals surface area contributed by atoms with Crippen molar-refractivity contribution in [1.82, 2.24) is 0 Å². The molecule has 0 bridgehead atoms. The van der Waals surface area contributed by atoms with Crippen molar-refractivity contribution in [1.29, 1.82) is 0 Å². The Balaban J connectivity index is 2.98. The standard InChI is InChI=1S/C4H9BO2/c1-2-7-4(5)3-6/h3-4H,2,5H2,1H3. The van der Waals surface area contributed by atoms with E-state index in [1.165, 1.54) is 0 Å². The molecule has 1 unspecified atom stereocenters. The molecular formula is C4H9BO2. The molecule has 0 heterocycles. The molecule has 3 heteroatoms. The van der Waals surface area contributed by atoms with Crippen LogP contribution in [0.4, 0.5) is 0 Å². The fourth-order valence-electron chi connectivity index (χ4n) is 0.302. The van der Waals surface area contributed by atoms with Crippen molar-refractivity contribution in [3.8, 4) is 0 Å². The predicted molar refractivity (Wildman–Crippen MR) is 30.0 cm³/mol. The minimum absolute atomic E-state index is 0.231. The van der Waals surface area contributed by atoms with E-state index in [4.69, 9.17) is 4.74 Å². The lowest BCUT2D eigenvalue weighted by atomic mass is 10.0. The maximum atomic E-state index is 9.77. The molecule has 0 aromatic heterocycles. The molecule has 0 rings (SSSR count). The summed E-state index contributed by atoms with van der Waals surface area (Å²) in [7, 11) is 1.72. The minimum atomic E-state index is -0.231. The largest absolute Gasteiger partial charge is 0.380 e. The molecule has 7 heavy (non-hydrogen) atoms. The van der Waals surface area contributed by atoms with Gasteiger partial charge < -0.3 is 9.53 Å². The van der Waals surface area contributed by atoms with Crippen LogP contribution in [0.15, 0.2) is 0 Å². The van der Waals surface area contributed by atoms with E-state index in [1.54, 1.807) is 7.85 Å². The van der Waals surface area contributed by atoms with Gasteiger partial charge in [0.25, 0.3) is 0 Å². The van der Waals surface area contributed by atoms with Gasteiger partial charge in [-0.1, -0.05) is 0 Å². The molecule has 0 fully saturated rings. The normalized spacial score (nSPS) is 13.3. The van der Waals surface area contributed by atoms with Crippen molar-refractivity contribution < 1.29 is 9.53 Å². The summed E-state index contributed by atoms with van der Waals surface area (Å²) in [4.78, 5) is 9.77. The van der Waals surface area contributed by atoms with E-state index in [2.05, 4.69) is 0 Å². The lowest BCUT2D eigenvalue weighted by Gasteiger charge is -1.99.